The highest BCUT2D eigenvalue weighted by molar-refractivity contribution is 5.95. The van der Waals surface area contributed by atoms with E-state index >= 15 is 0 Å². The highest BCUT2D eigenvalue weighted by Crippen LogP contribution is 2.24. The van der Waals surface area contributed by atoms with Crippen molar-refractivity contribution >= 4 is 17.6 Å². The lowest BCUT2D eigenvalue weighted by atomic mass is 10.0. The third-order valence-electron chi connectivity index (χ3n) is 4.43. The third kappa shape index (κ3) is 4.93. The van der Waals surface area contributed by atoms with Crippen LogP contribution in [0.4, 0.5) is 14.5 Å². The number of carbonyl (C=O) groups is 2. The second-order valence-corrected chi connectivity index (χ2v) is 6.37. The summed E-state index contributed by atoms with van der Waals surface area (Å²) in [5.74, 6) is -1.38. The van der Waals surface area contributed by atoms with Crippen molar-refractivity contribution < 1.29 is 28.2 Å². The number of alkyl halides is 2. The van der Waals surface area contributed by atoms with Crippen LogP contribution >= 0.6 is 0 Å². The van der Waals surface area contributed by atoms with Gasteiger partial charge in [0.05, 0.1) is 5.56 Å². The van der Waals surface area contributed by atoms with Gasteiger partial charge in [0.15, 0.2) is 0 Å². The molecule has 0 radical (unpaired) electrons. The highest BCUT2D eigenvalue weighted by Gasteiger charge is 2.22. The number of hydrogen-bond donors (Lipinski definition) is 2. The lowest BCUT2D eigenvalue weighted by Gasteiger charge is -2.34. The summed E-state index contributed by atoms with van der Waals surface area (Å²) >= 11 is 0. The SMILES string of the molecule is O=C(NC1CCCN(c2ccc(OC(F)F)cc2)C1)c1ccc(C(=O)O)nc1. The summed E-state index contributed by atoms with van der Waals surface area (Å²) in [5, 5.41) is 11.8. The summed E-state index contributed by atoms with van der Waals surface area (Å²) in [5.41, 5.74) is 1.02. The molecule has 1 fully saturated rings. The van der Waals surface area contributed by atoms with Gasteiger partial charge in [-0.25, -0.2) is 9.78 Å². The standard InChI is InChI=1S/C19H19F2N3O4/c20-19(21)28-15-6-4-14(5-7-15)24-9-1-2-13(11-24)23-17(25)12-3-8-16(18(26)27)22-10-12/h3-8,10,13,19H,1-2,9,11H2,(H,23,25)(H,26,27). The van der Waals surface area contributed by atoms with Crippen molar-refractivity contribution in [3.05, 3.63) is 53.9 Å². The van der Waals surface area contributed by atoms with Crippen molar-refractivity contribution in [3.63, 3.8) is 0 Å². The summed E-state index contributed by atoms with van der Waals surface area (Å²) in [6.45, 7) is -1.50. The molecule has 3 rings (SSSR count). The molecule has 2 heterocycles. The van der Waals surface area contributed by atoms with Gasteiger partial charge in [-0.15, -0.1) is 0 Å². The number of halogens is 2. The molecule has 0 saturated carbocycles. The van der Waals surface area contributed by atoms with Gasteiger partial charge in [0.25, 0.3) is 5.91 Å². The van der Waals surface area contributed by atoms with Crippen molar-refractivity contribution in [1.29, 1.82) is 0 Å². The number of nitrogens with one attached hydrogen (secondary N) is 1. The Bertz CT molecular complexity index is 828. The van der Waals surface area contributed by atoms with E-state index in [1.807, 2.05) is 0 Å². The number of amides is 1. The smallest absolute Gasteiger partial charge is 0.387 e. The molecule has 1 aliphatic heterocycles. The molecule has 1 aliphatic rings. The van der Waals surface area contributed by atoms with Crippen LogP contribution in [0.2, 0.25) is 0 Å². The summed E-state index contributed by atoms with van der Waals surface area (Å²) < 4.78 is 28.8. The number of nitrogens with zero attached hydrogens (tertiary/aromatic N) is 2. The van der Waals surface area contributed by atoms with Gasteiger partial charge >= 0.3 is 12.6 Å². The van der Waals surface area contributed by atoms with Crippen LogP contribution in [0.3, 0.4) is 0 Å². The molecule has 2 aromatic rings. The molecule has 2 N–H and O–H groups in total. The molecule has 0 aliphatic carbocycles. The zero-order valence-corrected chi connectivity index (χ0v) is 14.8. The van der Waals surface area contributed by atoms with Crippen LogP contribution in [0.15, 0.2) is 42.6 Å². The van der Waals surface area contributed by atoms with Gasteiger partial charge in [-0.05, 0) is 49.2 Å². The molecule has 7 nitrogen and oxygen atoms in total. The molecule has 1 aromatic carbocycles. The number of piperidine rings is 1. The molecule has 28 heavy (non-hydrogen) atoms. The van der Waals surface area contributed by atoms with Crippen molar-refractivity contribution in [3.8, 4) is 5.75 Å². The second kappa shape index (κ2) is 8.64. The van der Waals surface area contributed by atoms with E-state index in [9.17, 15) is 18.4 Å². The Morgan fingerprint density at radius 1 is 1.21 bits per heavy atom. The molecular weight excluding hydrogens is 372 g/mol. The zero-order valence-electron chi connectivity index (χ0n) is 14.8. The number of hydrogen-bond acceptors (Lipinski definition) is 5. The van der Waals surface area contributed by atoms with E-state index in [1.165, 1.54) is 30.5 Å². The molecule has 1 aromatic heterocycles. The first-order chi connectivity index (χ1) is 13.4. The van der Waals surface area contributed by atoms with Crippen LogP contribution in [-0.4, -0.2) is 47.7 Å². The lowest BCUT2D eigenvalue weighted by molar-refractivity contribution is -0.0498. The van der Waals surface area contributed by atoms with E-state index in [0.717, 1.165) is 25.1 Å². The van der Waals surface area contributed by atoms with Gasteiger partial charge in [0, 0.05) is 31.0 Å². The first-order valence-corrected chi connectivity index (χ1v) is 8.72. The molecule has 1 atom stereocenters. The Kier molecular flexibility index (Phi) is 6.03. The molecular formula is C19H19F2N3O4. The maximum atomic E-state index is 12.4. The largest absolute Gasteiger partial charge is 0.477 e. The quantitative estimate of drug-likeness (QED) is 0.787. The number of aromatic nitrogens is 1. The highest BCUT2D eigenvalue weighted by atomic mass is 19.3. The molecule has 0 spiro atoms. The van der Waals surface area contributed by atoms with Crippen LogP contribution in [0, 0.1) is 0 Å². The predicted octanol–water partition coefficient (Wildman–Crippen LogP) is 2.78. The van der Waals surface area contributed by atoms with E-state index in [1.54, 1.807) is 12.1 Å². The number of carboxylic acid groups (broad SMARTS) is 1. The maximum Gasteiger partial charge on any atom is 0.387 e. The van der Waals surface area contributed by atoms with Gasteiger partial charge in [-0.1, -0.05) is 0 Å². The minimum Gasteiger partial charge on any atom is -0.477 e. The van der Waals surface area contributed by atoms with Crippen molar-refractivity contribution in [2.75, 3.05) is 18.0 Å². The van der Waals surface area contributed by atoms with E-state index in [4.69, 9.17) is 5.11 Å². The summed E-state index contributed by atoms with van der Waals surface area (Å²) in [4.78, 5) is 29.0. The maximum absolute atomic E-state index is 12.4. The number of pyridine rings is 1. The van der Waals surface area contributed by atoms with Crippen molar-refractivity contribution in [1.82, 2.24) is 10.3 Å². The van der Waals surface area contributed by atoms with E-state index in [0.29, 0.717) is 6.54 Å². The fraction of sp³-hybridized carbons (Fsp3) is 0.316. The fourth-order valence-corrected chi connectivity index (χ4v) is 3.09. The summed E-state index contributed by atoms with van der Waals surface area (Å²) in [7, 11) is 0. The Morgan fingerprint density at radius 2 is 1.96 bits per heavy atom. The molecule has 1 saturated heterocycles. The topological polar surface area (TPSA) is 91.8 Å². The van der Waals surface area contributed by atoms with Crippen LogP contribution in [0.25, 0.3) is 0 Å². The normalized spacial score (nSPS) is 16.7. The average Bonchev–Trinajstić information content (AvgIpc) is 2.68. The number of carbonyl (C=O) groups excluding carboxylic acids is 1. The molecule has 0 bridgehead atoms. The fourth-order valence-electron chi connectivity index (χ4n) is 3.09. The van der Waals surface area contributed by atoms with Gasteiger partial charge in [0.2, 0.25) is 0 Å². The lowest BCUT2D eigenvalue weighted by Crippen LogP contribution is -2.47. The first-order valence-electron chi connectivity index (χ1n) is 8.72. The summed E-state index contributed by atoms with van der Waals surface area (Å²) in [6.07, 6.45) is 2.90. The van der Waals surface area contributed by atoms with E-state index in [-0.39, 0.29) is 29.0 Å². The van der Waals surface area contributed by atoms with Crippen LogP contribution in [-0.2, 0) is 0 Å². The molecule has 1 unspecified atom stereocenters. The van der Waals surface area contributed by atoms with Crippen LogP contribution in [0.5, 0.6) is 5.75 Å². The van der Waals surface area contributed by atoms with Crippen LogP contribution < -0.4 is 15.0 Å². The number of carboxylic acids is 1. The van der Waals surface area contributed by atoms with Gasteiger partial charge in [-0.2, -0.15) is 8.78 Å². The molecule has 9 heteroatoms. The van der Waals surface area contributed by atoms with Gasteiger partial charge < -0.3 is 20.1 Å². The number of anilines is 1. The van der Waals surface area contributed by atoms with E-state index in [2.05, 4.69) is 19.9 Å². The Labute approximate surface area is 159 Å². The van der Waals surface area contributed by atoms with Crippen molar-refractivity contribution in [2.24, 2.45) is 0 Å². The number of aromatic carboxylic acids is 1. The molecule has 1 amide bonds. The Balaban J connectivity index is 1.60. The number of rotatable bonds is 6. The predicted molar refractivity (Wildman–Crippen MR) is 97.0 cm³/mol. The summed E-state index contributed by atoms with van der Waals surface area (Å²) in [6, 6.07) is 8.99. The zero-order chi connectivity index (χ0) is 20.1. The van der Waals surface area contributed by atoms with E-state index < -0.39 is 12.6 Å². The van der Waals surface area contributed by atoms with Crippen molar-refractivity contribution in [2.45, 2.75) is 25.5 Å². The Hall–Kier alpha value is -3.23. The monoisotopic (exact) mass is 391 g/mol. The minimum absolute atomic E-state index is 0.0953. The van der Waals surface area contributed by atoms with Gasteiger partial charge in [-0.3, -0.25) is 4.79 Å². The average molecular weight is 391 g/mol. The second-order valence-electron chi connectivity index (χ2n) is 6.37. The first kappa shape index (κ1) is 19.5. The van der Waals surface area contributed by atoms with Crippen LogP contribution in [0.1, 0.15) is 33.7 Å². The molecule has 148 valence electrons. The Morgan fingerprint density at radius 3 is 2.57 bits per heavy atom. The number of benzene rings is 1. The van der Waals surface area contributed by atoms with Gasteiger partial charge in [0.1, 0.15) is 11.4 Å². The third-order valence-corrected chi connectivity index (χ3v) is 4.43. The minimum atomic E-state index is -2.86. The number of ether oxygens (including phenoxy) is 1.